The second kappa shape index (κ2) is 7.20. The molecule has 0 heterocycles. The molecule has 0 aliphatic carbocycles. The van der Waals surface area contributed by atoms with Gasteiger partial charge in [-0.15, -0.1) is 0 Å². The quantitative estimate of drug-likeness (QED) is 0.839. The molecule has 1 N–H and O–H groups in total. The van der Waals surface area contributed by atoms with Gasteiger partial charge < -0.3 is 10.0 Å². The Labute approximate surface area is 122 Å². The normalized spacial score (nSPS) is 13.9. The van der Waals surface area contributed by atoms with Gasteiger partial charge in [-0.3, -0.25) is 0 Å². The number of sulfone groups is 1. The lowest BCUT2D eigenvalue weighted by molar-refractivity contribution is 0.101. The SMILES string of the molecule is CCC(CC)N(C)CC(O)c1ccc(S(C)(=O)=O)cc1. The second-order valence-corrected chi connectivity index (χ2v) is 7.28. The number of nitrogens with zero attached hydrogens (tertiary/aromatic N) is 1. The third-order valence-corrected chi connectivity index (χ3v) is 4.85. The maximum absolute atomic E-state index is 11.4. The van der Waals surface area contributed by atoms with Gasteiger partial charge in [-0.1, -0.05) is 26.0 Å². The van der Waals surface area contributed by atoms with Crippen molar-refractivity contribution in [3.8, 4) is 0 Å². The smallest absolute Gasteiger partial charge is 0.175 e. The monoisotopic (exact) mass is 299 g/mol. The highest BCUT2D eigenvalue weighted by Gasteiger charge is 2.16. The number of rotatable bonds is 7. The first-order chi connectivity index (χ1) is 9.29. The van der Waals surface area contributed by atoms with Gasteiger partial charge in [-0.05, 0) is 37.6 Å². The zero-order valence-electron chi connectivity index (χ0n) is 12.7. The molecule has 4 nitrogen and oxygen atoms in total. The Morgan fingerprint density at radius 2 is 1.65 bits per heavy atom. The van der Waals surface area contributed by atoms with Crippen LogP contribution in [0.1, 0.15) is 38.4 Å². The van der Waals surface area contributed by atoms with Crippen molar-refractivity contribution in [1.82, 2.24) is 4.90 Å². The summed E-state index contributed by atoms with van der Waals surface area (Å²) in [4.78, 5) is 2.43. The predicted octanol–water partition coefficient (Wildman–Crippen LogP) is 2.24. The van der Waals surface area contributed by atoms with Crippen LogP contribution >= 0.6 is 0 Å². The maximum atomic E-state index is 11.4. The van der Waals surface area contributed by atoms with Crippen LogP contribution in [0.3, 0.4) is 0 Å². The van der Waals surface area contributed by atoms with E-state index < -0.39 is 15.9 Å². The van der Waals surface area contributed by atoms with Crippen molar-refractivity contribution >= 4 is 9.84 Å². The minimum absolute atomic E-state index is 0.279. The Kier molecular flexibility index (Phi) is 6.17. The van der Waals surface area contributed by atoms with Crippen molar-refractivity contribution < 1.29 is 13.5 Å². The summed E-state index contributed by atoms with van der Waals surface area (Å²) in [7, 11) is -1.18. The molecular weight excluding hydrogens is 274 g/mol. The molecule has 1 rings (SSSR count). The molecular formula is C15H25NO3S. The van der Waals surface area contributed by atoms with Gasteiger partial charge in [0.15, 0.2) is 9.84 Å². The van der Waals surface area contributed by atoms with E-state index in [9.17, 15) is 13.5 Å². The highest BCUT2D eigenvalue weighted by Crippen LogP contribution is 2.19. The number of hydrogen-bond donors (Lipinski definition) is 1. The van der Waals surface area contributed by atoms with Gasteiger partial charge in [0, 0.05) is 18.8 Å². The van der Waals surface area contributed by atoms with E-state index >= 15 is 0 Å². The van der Waals surface area contributed by atoms with Crippen molar-refractivity contribution in [3.63, 3.8) is 0 Å². The number of likely N-dealkylation sites (N-methyl/N-ethyl adjacent to an activating group) is 1. The Hall–Kier alpha value is -0.910. The third-order valence-electron chi connectivity index (χ3n) is 3.72. The Morgan fingerprint density at radius 3 is 2.05 bits per heavy atom. The molecule has 0 radical (unpaired) electrons. The van der Waals surface area contributed by atoms with Crippen LogP contribution in [-0.2, 0) is 9.84 Å². The van der Waals surface area contributed by atoms with Gasteiger partial charge in [-0.25, -0.2) is 8.42 Å². The zero-order valence-corrected chi connectivity index (χ0v) is 13.5. The summed E-state index contributed by atoms with van der Waals surface area (Å²) in [6.45, 7) is 4.82. The molecule has 20 heavy (non-hydrogen) atoms. The zero-order chi connectivity index (χ0) is 15.3. The van der Waals surface area contributed by atoms with Crippen molar-refractivity contribution in [3.05, 3.63) is 29.8 Å². The van der Waals surface area contributed by atoms with Gasteiger partial charge >= 0.3 is 0 Å². The molecule has 0 aliphatic heterocycles. The molecule has 0 bridgehead atoms. The van der Waals surface area contributed by atoms with E-state index in [0.29, 0.717) is 12.6 Å². The molecule has 0 amide bonds. The van der Waals surface area contributed by atoms with Gasteiger partial charge in [0.1, 0.15) is 0 Å². The Morgan fingerprint density at radius 1 is 1.15 bits per heavy atom. The van der Waals surface area contributed by atoms with E-state index in [1.54, 1.807) is 24.3 Å². The first kappa shape index (κ1) is 17.1. The van der Waals surface area contributed by atoms with Gasteiger partial charge in [0.2, 0.25) is 0 Å². The van der Waals surface area contributed by atoms with Crippen LogP contribution in [0.5, 0.6) is 0 Å². The lowest BCUT2D eigenvalue weighted by Crippen LogP contribution is -2.34. The molecule has 0 aliphatic rings. The standard InChI is InChI=1S/C15H25NO3S/c1-5-13(6-2)16(3)11-15(17)12-7-9-14(10-8-12)20(4,18)19/h7-10,13,15,17H,5-6,11H2,1-4H3. The van der Waals surface area contributed by atoms with Crippen LogP contribution < -0.4 is 0 Å². The van der Waals surface area contributed by atoms with E-state index in [4.69, 9.17) is 0 Å². The molecule has 0 saturated carbocycles. The predicted molar refractivity (Wildman–Crippen MR) is 81.5 cm³/mol. The fourth-order valence-electron chi connectivity index (χ4n) is 2.38. The minimum Gasteiger partial charge on any atom is -0.387 e. The first-order valence-electron chi connectivity index (χ1n) is 6.97. The Bertz CT molecular complexity index is 506. The number of hydrogen-bond acceptors (Lipinski definition) is 4. The maximum Gasteiger partial charge on any atom is 0.175 e. The van der Waals surface area contributed by atoms with Crippen LogP contribution in [0.25, 0.3) is 0 Å². The van der Waals surface area contributed by atoms with Crippen molar-refractivity contribution in [2.75, 3.05) is 19.8 Å². The van der Waals surface area contributed by atoms with E-state index in [1.807, 2.05) is 7.05 Å². The lowest BCUT2D eigenvalue weighted by Gasteiger charge is -2.28. The van der Waals surface area contributed by atoms with E-state index in [-0.39, 0.29) is 4.90 Å². The van der Waals surface area contributed by atoms with Crippen molar-refractivity contribution in [2.24, 2.45) is 0 Å². The molecule has 1 aromatic rings. The van der Waals surface area contributed by atoms with Gasteiger partial charge in [-0.2, -0.15) is 0 Å². The molecule has 0 aromatic heterocycles. The molecule has 1 aromatic carbocycles. The van der Waals surface area contributed by atoms with E-state index in [1.165, 1.54) is 6.26 Å². The van der Waals surface area contributed by atoms with Crippen LogP contribution in [0.15, 0.2) is 29.2 Å². The largest absolute Gasteiger partial charge is 0.387 e. The van der Waals surface area contributed by atoms with Crippen molar-refractivity contribution in [2.45, 2.75) is 43.7 Å². The first-order valence-corrected chi connectivity index (χ1v) is 8.87. The number of aliphatic hydroxyl groups is 1. The fourth-order valence-corrected chi connectivity index (χ4v) is 3.01. The van der Waals surface area contributed by atoms with Crippen molar-refractivity contribution in [1.29, 1.82) is 0 Å². The highest BCUT2D eigenvalue weighted by atomic mass is 32.2. The van der Waals surface area contributed by atoms with E-state index in [2.05, 4.69) is 18.7 Å². The third kappa shape index (κ3) is 4.58. The molecule has 1 unspecified atom stereocenters. The average Bonchev–Trinajstić information content (AvgIpc) is 2.39. The van der Waals surface area contributed by atoms with Crippen LogP contribution in [0.2, 0.25) is 0 Å². The molecule has 0 spiro atoms. The summed E-state index contributed by atoms with van der Waals surface area (Å²) in [6, 6.07) is 6.92. The summed E-state index contributed by atoms with van der Waals surface area (Å²) in [6.07, 6.45) is 2.67. The van der Waals surface area contributed by atoms with Crippen LogP contribution in [-0.4, -0.2) is 44.3 Å². The second-order valence-electron chi connectivity index (χ2n) is 5.27. The lowest BCUT2D eigenvalue weighted by atomic mass is 10.1. The average molecular weight is 299 g/mol. The molecule has 114 valence electrons. The molecule has 0 saturated heterocycles. The van der Waals surface area contributed by atoms with Crippen LogP contribution in [0.4, 0.5) is 0 Å². The topological polar surface area (TPSA) is 57.6 Å². The van der Waals surface area contributed by atoms with Gasteiger partial charge in [0.05, 0.1) is 11.0 Å². The summed E-state index contributed by atoms with van der Waals surface area (Å²) in [5.41, 5.74) is 0.746. The number of benzene rings is 1. The Balaban J connectivity index is 2.75. The highest BCUT2D eigenvalue weighted by molar-refractivity contribution is 7.90. The van der Waals surface area contributed by atoms with Crippen LogP contribution in [0, 0.1) is 0 Å². The van der Waals surface area contributed by atoms with Gasteiger partial charge in [0.25, 0.3) is 0 Å². The van der Waals surface area contributed by atoms with E-state index in [0.717, 1.165) is 18.4 Å². The number of aliphatic hydroxyl groups excluding tert-OH is 1. The summed E-state index contributed by atoms with van der Waals surface area (Å²) in [5, 5.41) is 10.2. The fraction of sp³-hybridized carbons (Fsp3) is 0.600. The summed E-state index contributed by atoms with van der Waals surface area (Å²) < 4.78 is 22.8. The molecule has 0 fully saturated rings. The summed E-state index contributed by atoms with van der Waals surface area (Å²) >= 11 is 0. The summed E-state index contributed by atoms with van der Waals surface area (Å²) in [5.74, 6) is 0. The molecule has 5 heteroatoms. The minimum atomic E-state index is -3.18. The molecule has 1 atom stereocenters.